The van der Waals surface area contributed by atoms with Crippen molar-refractivity contribution < 1.29 is 14.5 Å². The number of piperidine rings is 1. The zero-order valence-electron chi connectivity index (χ0n) is 15.3. The van der Waals surface area contributed by atoms with Crippen LogP contribution in [0.5, 0.6) is 0 Å². The average molecular weight is 379 g/mol. The fraction of sp³-hybridized carbons (Fsp3) is 0.238. The lowest BCUT2D eigenvalue weighted by atomic mass is 9.97. The van der Waals surface area contributed by atoms with E-state index < -0.39 is 4.92 Å². The molecule has 1 unspecified atom stereocenters. The summed E-state index contributed by atoms with van der Waals surface area (Å²) in [5.74, 6) is -0.640. The highest BCUT2D eigenvalue weighted by Crippen LogP contribution is 2.21. The van der Waals surface area contributed by atoms with Crippen LogP contribution in [0, 0.1) is 16.0 Å². The first kappa shape index (κ1) is 19.3. The smallest absolute Gasteiger partial charge is 0.276 e. The van der Waals surface area contributed by atoms with Crippen molar-refractivity contribution in [3.8, 4) is 0 Å². The highest BCUT2D eigenvalue weighted by molar-refractivity contribution is 5.95. The fourth-order valence-corrected chi connectivity index (χ4v) is 3.22. The van der Waals surface area contributed by atoms with Gasteiger partial charge in [0.1, 0.15) is 0 Å². The van der Waals surface area contributed by atoms with Gasteiger partial charge in [0.15, 0.2) is 0 Å². The molecule has 0 aliphatic carbocycles. The van der Waals surface area contributed by atoms with Crippen LogP contribution in [0.2, 0.25) is 0 Å². The Bertz CT molecular complexity index is 896. The van der Waals surface area contributed by atoms with Crippen LogP contribution in [0.4, 0.5) is 11.4 Å². The van der Waals surface area contributed by atoms with Gasteiger partial charge in [0.2, 0.25) is 11.8 Å². The van der Waals surface area contributed by atoms with Gasteiger partial charge < -0.3 is 10.2 Å². The van der Waals surface area contributed by atoms with E-state index >= 15 is 0 Å². The molecule has 7 nitrogen and oxygen atoms in total. The van der Waals surface area contributed by atoms with Gasteiger partial charge in [0, 0.05) is 30.9 Å². The predicted octanol–water partition coefficient (Wildman–Crippen LogP) is 3.49. The van der Waals surface area contributed by atoms with Gasteiger partial charge in [-0.05, 0) is 37.1 Å². The van der Waals surface area contributed by atoms with Crippen molar-refractivity contribution in [2.24, 2.45) is 5.92 Å². The first-order chi connectivity index (χ1) is 13.5. The molecule has 28 heavy (non-hydrogen) atoms. The topological polar surface area (TPSA) is 92.6 Å². The molecule has 7 heteroatoms. The predicted molar refractivity (Wildman–Crippen MR) is 107 cm³/mol. The minimum absolute atomic E-state index is 0.0506. The second kappa shape index (κ2) is 8.94. The average Bonchev–Trinajstić information content (AvgIpc) is 2.73. The molecule has 0 radical (unpaired) electrons. The van der Waals surface area contributed by atoms with E-state index in [-0.39, 0.29) is 23.4 Å². The Balaban J connectivity index is 1.63. The third-order valence-corrected chi connectivity index (χ3v) is 4.68. The molecule has 1 atom stereocenters. The summed E-state index contributed by atoms with van der Waals surface area (Å²) in [6, 6.07) is 15.5. The molecule has 1 fully saturated rings. The van der Waals surface area contributed by atoms with Crippen LogP contribution in [-0.2, 0) is 9.59 Å². The Morgan fingerprint density at radius 3 is 2.57 bits per heavy atom. The molecule has 1 aliphatic heterocycles. The number of nitrogens with zero attached hydrogens (tertiary/aromatic N) is 2. The van der Waals surface area contributed by atoms with Crippen molar-refractivity contribution in [1.29, 1.82) is 0 Å². The van der Waals surface area contributed by atoms with Gasteiger partial charge in [0.05, 0.1) is 16.4 Å². The molecule has 1 heterocycles. The van der Waals surface area contributed by atoms with Crippen molar-refractivity contribution in [2.45, 2.75) is 12.8 Å². The summed E-state index contributed by atoms with van der Waals surface area (Å²) in [5, 5.41) is 13.9. The van der Waals surface area contributed by atoms with Gasteiger partial charge in [-0.3, -0.25) is 19.7 Å². The van der Waals surface area contributed by atoms with E-state index in [1.807, 2.05) is 30.3 Å². The van der Waals surface area contributed by atoms with Crippen molar-refractivity contribution in [3.05, 3.63) is 76.4 Å². The third kappa shape index (κ3) is 4.82. The second-order valence-electron chi connectivity index (χ2n) is 6.63. The summed E-state index contributed by atoms with van der Waals surface area (Å²) in [6.45, 7) is 0.897. The Morgan fingerprint density at radius 1 is 1.11 bits per heavy atom. The lowest BCUT2D eigenvalue weighted by molar-refractivity contribution is -0.385. The number of rotatable bonds is 5. The number of nitrogens with one attached hydrogen (secondary N) is 1. The number of benzene rings is 2. The van der Waals surface area contributed by atoms with Crippen molar-refractivity contribution >= 4 is 29.3 Å². The van der Waals surface area contributed by atoms with Gasteiger partial charge >= 0.3 is 0 Å². The van der Waals surface area contributed by atoms with Crippen molar-refractivity contribution in [3.63, 3.8) is 0 Å². The summed E-state index contributed by atoms with van der Waals surface area (Å²) in [4.78, 5) is 37.2. The number of hydrogen-bond donors (Lipinski definition) is 1. The normalized spacial score (nSPS) is 16.7. The Labute approximate surface area is 162 Å². The number of nitro benzene ring substituents is 1. The van der Waals surface area contributed by atoms with Crippen molar-refractivity contribution in [1.82, 2.24) is 4.90 Å². The standard InChI is InChI=1S/C21H21N3O4/c25-20(13-12-16-7-4-5-11-19(16)24(27)28)23-14-6-8-17(15-23)21(26)22-18-9-2-1-3-10-18/h1-5,7,9-13,17H,6,8,14-15H2,(H,22,26)/b13-12+. The first-order valence-corrected chi connectivity index (χ1v) is 9.11. The molecule has 0 bridgehead atoms. The minimum Gasteiger partial charge on any atom is -0.338 e. The number of nitro groups is 1. The van der Waals surface area contributed by atoms with Crippen LogP contribution in [0.1, 0.15) is 18.4 Å². The highest BCUT2D eigenvalue weighted by Gasteiger charge is 2.27. The van der Waals surface area contributed by atoms with Crippen LogP contribution in [0.3, 0.4) is 0 Å². The second-order valence-corrected chi connectivity index (χ2v) is 6.63. The maximum absolute atomic E-state index is 12.5. The molecule has 3 rings (SSSR count). The van der Waals surface area contributed by atoms with Gasteiger partial charge in [-0.15, -0.1) is 0 Å². The van der Waals surface area contributed by atoms with Crippen LogP contribution in [0.25, 0.3) is 6.08 Å². The quantitative estimate of drug-likeness (QED) is 0.489. The Morgan fingerprint density at radius 2 is 1.82 bits per heavy atom. The summed E-state index contributed by atoms with van der Waals surface area (Å²) in [5.41, 5.74) is 1.05. The fourth-order valence-electron chi connectivity index (χ4n) is 3.22. The Kier molecular flexibility index (Phi) is 6.16. The number of carbonyl (C=O) groups is 2. The summed E-state index contributed by atoms with van der Waals surface area (Å²) in [7, 11) is 0. The number of para-hydroxylation sites is 2. The highest BCUT2D eigenvalue weighted by atomic mass is 16.6. The summed E-state index contributed by atoms with van der Waals surface area (Å²) in [6.07, 6.45) is 4.24. The molecular formula is C21H21N3O4. The number of anilines is 1. The molecule has 144 valence electrons. The lowest BCUT2D eigenvalue weighted by Gasteiger charge is -2.31. The summed E-state index contributed by atoms with van der Waals surface area (Å²) < 4.78 is 0. The molecule has 1 saturated heterocycles. The molecule has 0 spiro atoms. The largest absolute Gasteiger partial charge is 0.338 e. The van der Waals surface area contributed by atoms with E-state index in [4.69, 9.17) is 0 Å². The monoisotopic (exact) mass is 379 g/mol. The molecule has 2 aromatic rings. The van der Waals surface area contributed by atoms with Gasteiger partial charge in [-0.2, -0.15) is 0 Å². The van der Waals surface area contributed by atoms with Crippen molar-refractivity contribution in [2.75, 3.05) is 18.4 Å². The van der Waals surface area contributed by atoms with E-state index in [0.29, 0.717) is 18.7 Å². The molecule has 0 saturated carbocycles. The zero-order valence-corrected chi connectivity index (χ0v) is 15.3. The maximum atomic E-state index is 12.5. The van der Waals surface area contributed by atoms with E-state index in [9.17, 15) is 19.7 Å². The SMILES string of the molecule is O=C(Nc1ccccc1)C1CCCN(C(=O)/C=C/c2ccccc2[N+](=O)[O-])C1. The zero-order chi connectivity index (χ0) is 19.9. The van der Waals surface area contributed by atoms with E-state index in [1.165, 1.54) is 18.2 Å². The third-order valence-electron chi connectivity index (χ3n) is 4.68. The Hall–Kier alpha value is -3.48. The van der Waals surface area contributed by atoms with Crippen LogP contribution >= 0.6 is 0 Å². The van der Waals surface area contributed by atoms with Gasteiger partial charge in [-0.1, -0.05) is 30.3 Å². The van der Waals surface area contributed by atoms with Crippen LogP contribution < -0.4 is 5.32 Å². The molecule has 2 amide bonds. The molecule has 0 aromatic heterocycles. The minimum atomic E-state index is -0.477. The maximum Gasteiger partial charge on any atom is 0.276 e. The molecule has 1 N–H and O–H groups in total. The number of carbonyl (C=O) groups excluding carboxylic acids is 2. The van der Waals surface area contributed by atoms with Crippen LogP contribution in [-0.4, -0.2) is 34.7 Å². The van der Waals surface area contributed by atoms with E-state index in [0.717, 1.165) is 18.5 Å². The summed E-state index contributed by atoms with van der Waals surface area (Å²) >= 11 is 0. The van der Waals surface area contributed by atoms with E-state index in [2.05, 4.69) is 5.32 Å². The lowest BCUT2D eigenvalue weighted by Crippen LogP contribution is -2.43. The first-order valence-electron chi connectivity index (χ1n) is 9.11. The molecule has 1 aliphatic rings. The van der Waals surface area contributed by atoms with Crippen LogP contribution in [0.15, 0.2) is 60.7 Å². The molecular weight excluding hydrogens is 358 g/mol. The van der Waals surface area contributed by atoms with E-state index in [1.54, 1.807) is 23.1 Å². The number of hydrogen-bond acceptors (Lipinski definition) is 4. The molecule has 2 aromatic carbocycles. The van der Waals surface area contributed by atoms with Gasteiger partial charge in [0.25, 0.3) is 5.69 Å². The number of likely N-dealkylation sites (tertiary alicyclic amines) is 1. The number of amides is 2. The van der Waals surface area contributed by atoms with Gasteiger partial charge in [-0.25, -0.2) is 0 Å².